The molecule has 0 radical (unpaired) electrons. The van der Waals surface area contributed by atoms with Gasteiger partial charge in [0.2, 0.25) is 0 Å². The highest BCUT2D eigenvalue weighted by Gasteiger charge is 2.20. The van der Waals surface area contributed by atoms with E-state index in [4.69, 9.17) is 4.74 Å². The Morgan fingerprint density at radius 3 is 2.63 bits per heavy atom. The highest BCUT2D eigenvalue weighted by Crippen LogP contribution is 2.32. The van der Waals surface area contributed by atoms with Gasteiger partial charge in [-0.2, -0.15) is 0 Å². The number of methoxy groups -OCH3 is 1. The Morgan fingerprint density at radius 2 is 2.04 bits per heavy atom. The molecule has 0 saturated carbocycles. The molecule has 144 valence electrons. The molecule has 7 nitrogen and oxygen atoms in total. The highest BCUT2D eigenvalue weighted by molar-refractivity contribution is 5.92. The van der Waals surface area contributed by atoms with E-state index in [0.717, 1.165) is 12.1 Å². The summed E-state index contributed by atoms with van der Waals surface area (Å²) in [6.07, 6.45) is 0. The van der Waals surface area contributed by atoms with Crippen LogP contribution in [-0.2, 0) is 4.79 Å². The van der Waals surface area contributed by atoms with Gasteiger partial charge in [-0.05, 0) is 31.5 Å². The van der Waals surface area contributed by atoms with Gasteiger partial charge < -0.3 is 15.4 Å². The minimum absolute atomic E-state index is 0.0171. The van der Waals surface area contributed by atoms with Gasteiger partial charge >= 0.3 is 5.69 Å². The standard InChI is InChI=1S/C18H19F2N3O4/c1-10-6-16(23(25)26)17(27-3)8-15(10)22-18(24)9-21-11(2)13-5-4-12(19)7-14(13)20/h4-8,11,21H,9H2,1-3H3,(H,22,24)/p+1/t11-/m0/s1. The predicted octanol–water partition coefficient (Wildman–Crippen LogP) is 2.45. The smallest absolute Gasteiger partial charge is 0.311 e. The maximum atomic E-state index is 13.8. The number of nitrogens with one attached hydrogen (secondary N) is 1. The zero-order valence-corrected chi connectivity index (χ0v) is 15.1. The maximum Gasteiger partial charge on any atom is 0.311 e. The number of quaternary nitrogens is 1. The Kier molecular flexibility index (Phi) is 6.40. The topological polar surface area (TPSA) is 98.1 Å². The number of hydrogen-bond acceptors (Lipinski definition) is 4. The van der Waals surface area contributed by atoms with Gasteiger partial charge in [-0.1, -0.05) is 0 Å². The minimum Gasteiger partial charge on any atom is -0.490 e. The second-order valence-corrected chi connectivity index (χ2v) is 6.04. The number of nitrogens with zero attached hydrogens (tertiary/aromatic N) is 1. The van der Waals surface area contributed by atoms with Crippen molar-refractivity contribution in [3.8, 4) is 5.75 Å². The van der Waals surface area contributed by atoms with Gasteiger partial charge in [0.25, 0.3) is 5.91 Å². The lowest BCUT2D eigenvalue weighted by molar-refractivity contribution is -0.682. The van der Waals surface area contributed by atoms with Crippen LogP contribution in [0.1, 0.15) is 24.1 Å². The van der Waals surface area contributed by atoms with E-state index in [1.165, 1.54) is 25.3 Å². The van der Waals surface area contributed by atoms with Crippen molar-refractivity contribution in [2.24, 2.45) is 0 Å². The number of nitrogens with two attached hydrogens (primary N) is 1. The minimum atomic E-state index is -0.671. The molecule has 0 aliphatic heterocycles. The lowest BCUT2D eigenvalue weighted by Gasteiger charge is -2.13. The fraction of sp³-hybridized carbons (Fsp3) is 0.278. The van der Waals surface area contributed by atoms with Crippen LogP contribution in [0.4, 0.5) is 20.2 Å². The molecule has 0 bridgehead atoms. The summed E-state index contributed by atoms with van der Waals surface area (Å²) in [6.45, 7) is 3.31. The Hall–Kier alpha value is -3.07. The molecule has 9 heteroatoms. The molecule has 0 aromatic heterocycles. The number of benzene rings is 2. The number of ether oxygens (including phenoxy) is 1. The van der Waals surface area contributed by atoms with Crippen molar-refractivity contribution >= 4 is 17.3 Å². The quantitative estimate of drug-likeness (QED) is 0.569. The van der Waals surface area contributed by atoms with Crippen molar-refractivity contribution in [2.75, 3.05) is 19.0 Å². The van der Waals surface area contributed by atoms with E-state index in [0.29, 0.717) is 11.3 Å². The maximum absolute atomic E-state index is 13.8. The molecular weight excluding hydrogens is 360 g/mol. The molecule has 0 fully saturated rings. The lowest BCUT2D eigenvalue weighted by Crippen LogP contribution is -2.86. The lowest BCUT2D eigenvalue weighted by atomic mass is 10.1. The zero-order valence-electron chi connectivity index (χ0n) is 15.1. The number of hydrogen-bond donors (Lipinski definition) is 2. The number of amides is 1. The summed E-state index contributed by atoms with van der Waals surface area (Å²) in [5.41, 5.74) is 0.988. The summed E-state index contributed by atoms with van der Waals surface area (Å²) >= 11 is 0. The number of anilines is 1. The van der Waals surface area contributed by atoms with Crippen LogP contribution >= 0.6 is 0 Å². The number of carbonyl (C=O) groups is 1. The highest BCUT2D eigenvalue weighted by atomic mass is 19.1. The van der Waals surface area contributed by atoms with Crippen molar-refractivity contribution in [1.82, 2.24) is 0 Å². The van der Waals surface area contributed by atoms with Crippen molar-refractivity contribution in [1.29, 1.82) is 0 Å². The van der Waals surface area contributed by atoms with Crippen molar-refractivity contribution in [3.63, 3.8) is 0 Å². The number of aryl methyl sites for hydroxylation is 1. The third-order valence-electron chi connectivity index (χ3n) is 4.11. The molecule has 2 aromatic rings. The monoisotopic (exact) mass is 380 g/mol. The van der Waals surface area contributed by atoms with Gasteiger partial charge in [0.1, 0.15) is 17.7 Å². The van der Waals surface area contributed by atoms with Gasteiger partial charge in [0.05, 0.1) is 12.0 Å². The molecule has 0 heterocycles. The van der Waals surface area contributed by atoms with E-state index in [2.05, 4.69) is 5.32 Å². The summed E-state index contributed by atoms with van der Waals surface area (Å²) < 4.78 is 31.8. The molecule has 0 unspecified atom stereocenters. The molecular formula is C18H20F2N3O4+. The first-order valence-electron chi connectivity index (χ1n) is 8.14. The number of halogens is 2. The summed E-state index contributed by atoms with van der Waals surface area (Å²) in [6, 6.07) is 5.60. The molecule has 27 heavy (non-hydrogen) atoms. The SMILES string of the molecule is COc1cc(NC(=O)C[NH2+][C@@H](C)c2ccc(F)cc2F)c(C)cc1[N+](=O)[O-]. The van der Waals surface area contributed by atoms with Crippen molar-refractivity contribution < 1.29 is 28.6 Å². The predicted molar refractivity (Wildman–Crippen MR) is 94.6 cm³/mol. The van der Waals surface area contributed by atoms with E-state index < -0.39 is 22.6 Å². The van der Waals surface area contributed by atoms with E-state index in [1.807, 2.05) is 0 Å². The Labute approximate surface area is 154 Å². The van der Waals surface area contributed by atoms with Gasteiger partial charge in [-0.15, -0.1) is 0 Å². The van der Waals surface area contributed by atoms with Gasteiger partial charge in [0.15, 0.2) is 12.3 Å². The first kappa shape index (κ1) is 20.2. The third-order valence-corrected chi connectivity index (χ3v) is 4.11. The van der Waals surface area contributed by atoms with Crippen LogP contribution in [0.2, 0.25) is 0 Å². The number of nitro groups is 1. The van der Waals surface area contributed by atoms with E-state index in [1.54, 1.807) is 19.2 Å². The van der Waals surface area contributed by atoms with Crippen LogP contribution in [0.25, 0.3) is 0 Å². The summed E-state index contributed by atoms with van der Waals surface area (Å²) in [5.74, 6) is -1.67. The molecule has 0 aliphatic carbocycles. The van der Waals surface area contributed by atoms with Crippen molar-refractivity contribution in [2.45, 2.75) is 19.9 Å². The molecule has 1 amide bonds. The first-order valence-corrected chi connectivity index (χ1v) is 8.14. The van der Waals surface area contributed by atoms with E-state index >= 15 is 0 Å². The fourth-order valence-corrected chi connectivity index (χ4v) is 2.60. The molecule has 0 saturated heterocycles. The summed E-state index contributed by atoms with van der Waals surface area (Å²) in [5, 5.41) is 15.3. The Morgan fingerprint density at radius 1 is 1.33 bits per heavy atom. The number of carbonyl (C=O) groups excluding carboxylic acids is 1. The first-order chi connectivity index (χ1) is 12.7. The number of rotatable bonds is 7. The Balaban J connectivity index is 2.04. The fourth-order valence-electron chi connectivity index (χ4n) is 2.60. The average Bonchev–Trinajstić information content (AvgIpc) is 2.60. The average molecular weight is 380 g/mol. The normalized spacial score (nSPS) is 11.7. The molecule has 2 rings (SSSR count). The molecule has 3 N–H and O–H groups in total. The largest absolute Gasteiger partial charge is 0.490 e. The molecule has 2 aromatic carbocycles. The van der Waals surface area contributed by atoms with E-state index in [-0.39, 0.29) is 29.5 Å². The van der Waals surface area contributed by atoms with Gasteiger partial charge in [-0.25, -0.2) is 8.78 Å². The third kappa shape index (κ3) is 4.98. The second kappa shape index (κ2) is 8.54. The number of nitro benzene ring substituents is 1. The van der Waals surface area contributed by atoms with Crippen LogP contribution in [0.3, 0.4) is 0 Å². The van der Waals surface area contributed by atoms with Gasteiger partial charge in [-0.3, -0.25) is 14.9 Å². The van der Waals surface area contributed by atoms with Crippen LogP contribution in [0.15, 0.2) is 30.3 Å². The van der Waals surface area contributed by atoms with Gasteiger partial charge in [0, 0.05) is 29.4 Å². The zero-order chi connectivity index (χ0) is 20.1. The second-order valence-electron chi connectivity index (χ2n) is 6.04. The molecule has 0 spiro atoms. The molecule has 1 atom stereocenters. The van der Waals surface area contributed by atoms with Crippen LogP contribution in [0.5, 0.6) is 5.75 Å². The van der Waals surface area contributed by atoms with E-state index in [9.17, 15) is 23.7 Å². The summed E-state index contributed by atoms with van der Waals surface area (Å²) in [7, 11) is 1.30. The Bertz CT molecular complexity index is 874. The summed E-state index contributed by atoms with van der Waals surface area (Å²) in [4.78, 5) is 22.6. The van der Waals surface area contributed by atoms with Crippen LogP contribution < -0.4 is 15.4 Å². The molecule has 0 aliphatic rings. The van der Waals surface area contributed by atoms with Crippen LogP contribution in [-0.4, -0.2) is 24.5 Å². The van der Waals surface area contributed by atoms with Crippen molar-refractivity contribution in [3.05, 3.63) is 63.2 Å². The van der Waals surface area contributed by atoms with Crippen LogP contribution in [0, 0.1) is 28.7 Å².